The minimum Gasteiger partial charge on any atom is -0.506 e. The van der Waals surface area contributed by atoms with Crippen LogP contribution in [0.3, 0.4) is 0 Å². The van der Waals surface area contributed by atoms with Crippen LogP contribution in [0.25, 0.3) is 5.76 Å². The largest absolute Gasteiger partial charge is 0.506 e. The summed E-state index contributed by atoms with van der Waals surface area (Å²) in [4.78, 5) is 17.6. The number of hydrogen-bond acceptors (Lipinski definition) is 4. The maximum atomic E-state index is 13.0. The first-order valence-electron chi connectivity index (χ1n) is 8.22. The second-order valence-electron chi connectivity index (χ2n) is 6.02. The van der Waals surface area contributed by atoms with Crippen LogP contribution in [0.4, 0.5) is 11.4 Å². The Morgan fingerprint density at radius 3 is 2.27 bits per heavy atom. The van der Waals surface area contributed by atoms with Gasteiger partial charge >= 0.3 is 0 Å². The monoisotopic (exact) mass is 340 g/mol. The molecule has 0 bridgehead atoms. The summed E-state index contributed by atoms with van der Waals surface area (Å²) in [7, 11) is 0. The molecule has 4 nitrogen and oxygen atoms in total. The number of carbonyl (C=O) groups excluding carboxylic acids is 1. The molecular formula is C22H16N2O2. The van der Waals surface area contributed by atoms with E-state index >= 15 is 0 Å². The quantitative estimate of drug-likeness (QED) is 0.408. The number of aliphatic hydroxyl groups is 1. The molecule has 0 atom stereocenters. The molecule has 126 valence electrons. The van der Waals surface area contributed by atoms with Gasteiger partial charge in [-0.1, -0.05) is 60.7 Å². The molecule has 3 N–H and O–H groups in total. The van der Waals surface area contributed by atoms with E-state index in [2.05, 4.69) is 4.99 Å². The van der Waals surface area contributed by atoms with Crippen LogP contribution in [-0.2, 0) is 0 Å². The van der Waals surface area contributed by atoms with Gasteiger partial charge in [0.1, 0.15) is 5.76 Å². The van der Waals surface area contributed by atoms with E-state index in [9.17, 15) is 9.90 Å². The zero-order valence-corrected chi connectivity index (χ0v) is 13.9. The second-order valence-corrected chi connectivity index (χ2v) is 6.02. The molecule has 0 heterocycles. The highest BCUT2D eigenvalue weighted by molar-refractivity contribution is 6.43. The van der Waals surface area contributed by atoms with Gasteiger partial charge in [-0.2, -0.15) is 0 Å². The van der Waals surface area contributed by atoms with Gasteiger partial charge < -0.3 is 10.8 Å². The van der Waals surface area contributed by atoms with E-state index in [-0.39, 0.29) is 17.1 Å². The molecule has 4 heteroatoms. The van der Waals surface area contributed by atoms with Gasteiger partial charge in [0.25, 0.3) is 0 Å². The number of rotatable bonds is 2. The lowest BCUT2D eigenvalue weighted by Gasteiger charge is -2.06. The third-order valence-electron chi connectivity index (χ3n) is 4.29. The molecule has 0 saturated heterocycles. The fraction of sp³-hybridized carbons (Fsp3) is 0. The number of allylic oxidation sites excluding steroid dienone is 1. The van der Waals surface area contributed by atoms with Gasteiger partial charge in [-0.05, 0) is 18.2 Å². The van der Waals surface area contributed by atoms with E-state index in [1.807, 2.05) is 36.4 Å². The Morgan fingerprint density at radius 2 is 1.54 bits per heavy atom. The van der Waals surface area contributed by atoms with Crippen molar-refractivity contribution in [2.24, 2.45) is 4.99 Å². The molecule has 0 saturated carbocycles. The number of carbonyl (C=O) groups is 1. The molecule has 1 aliphatic carbocycles. The van der Waals surface area contributed by atoms with Crippen molar-refractivity contribution < 1.29 is 9.90 Å². The van der Waals surface area contributed by atoms with E-state index in [1.54, 1.807) is 42.5 Å². The van der Waals surface area contributed by atoms with Crippen molar-refractivity contribution in [2.45, 2.75) is 0 Å². The van der Waals surface area contributed by atoms with E-state index in [0.717, 1.165) is 0 Å². The zero-order chi connectivity index (χ0) is 18.1. The number of benzene rings is 3. The Balaban J connectivity index is 1.97. The minimum atomic E-state index is -0.232. The van der Waals surface area contributed by atoms with Gasteiger partial charge in [0.15, 0.2) is 5.78 Å². The van der Waals surface area contributed by atoms with Crippen molar-refractivity contribution in [1.82, 2.24) is 0 Å². The molecule has 0 spiro atoms. The van der Waals surface area contributed by atoms with Gasteiger partial charge in [-0.15, -0.1) is 0 Å². The highest BCUT2D eigenvalue weighted by Crippen LogP contribution is 2.33. The summed E-state index contributed by atoms with van der Waals surface area (Å²) < 4.78 is 0. The molecule has 1 aliphatic rings. The average molecular weight is 340 g/mol. The van der Waals surface area contributed by atoms with E-state index < -0.39 is 0 Å². The van der Waals surface area contributed by atoms with Crippen LogP contribution in [0.15, 0.2) is 89.4 Å². The van der Waals surface area contributed by atoms with Crippen molar-refractivity contribution in [3.05, 3.63) is 101 Å². The van der Waals surface area contributed by atoms with Crippen LogP contribution >= 0.6 is 0 Å². The first-order valence-corrected chi connectivity index (χ1v) is 8.22. The lowest BCUT2D eigenvalue weighted by Crippen LogP contribution is -2.06. The van der Waals surface area contributed by atoms with Crippen molar-refractivity contribution in [2.75, 3.05) is 5.73 Å². The van der Waals surface area contributed by atoms with Crippen molar-refractivity contribution in [1.29, 1.82) is 0 Å². The van der Waals surface area contributed by atoms with Crippen molar-refractivity contribution >= 4 is 28.6 Å². The molecule has 0 unspecified atom stereocenters. The summed E-state index contributed by atoms with van der Waals surface area (Å²) in [6, 6.07) is 23.4. The Hall–Kier alpha value is -3.66. The smallest absolute Gasteiger partial charge is 0.199 e. The number of Topliss-reactive ketones (excluding diaryl/α,β-unsaturated/α-hetero) is 1. The summed E-state index contributed by atoms with van der Waals surface area (Å²) in [5, 5.41) is 10.8. The molecule has 0 amide bonds. The third-order valence-corrected chi connectivity index (χ3v) is 4.29. The van der Waals surface area contributed by atoms with Gasteiger partial charge in [0.2, 0.25) is 0 Å². The first-order chi connectivity index (χ1) is 12.6. The highest BCUT2D eigenvalue weighted by atomic mass is 16.3. The molecule has 4 rings (SSSR count). The number of hydrogen-bond donors (Lipinski definition) is 2. The Bertz CT molecular complexity index is 1070. The summed E-state index contributed by atoms with van der Waals surface area (Å²) >= 11 is 0. The number of nitrogen functional groups attached to an aromatic ring is 1. The summed E-state index contributed by atoms with van der Waals surface area (Å²) in [6.07, 6.45) is 0. The lowest BCUT2D eigenvalue weighted by molar-refractivity contribution is 0.104. The standard InChI is InChI=1S/C22H16N2O2/c23-15-9-6-10-16(13-15)24-20-17-11-4-5-12-18(17)22(26)19(20)21(25)14-7-2-1-3-8-14/h1-13,25H,23H2/b21-19-,24-20?. The van der Waals surface area contributed by atoms with Crippen LogP contribution in [0.5, 0.6) is 0 Å². The van der Waals surface area contributed by atoms with Crippen LogP contribution in [0.2, 0.25) is 0 Å². The molecule has 0 fully saturated rings. The average Bonchev–Trinajstić information content (AvgIpc) is 2.94. The third kappa shape index (κ3) is 2.67. The van der Waals surface area contributed by atoms with Crippen LogP contribution in [0, 0.1) is 0 Å². The molecule has 3 aromatic carbocycles. The SMILES string of the molecule is Nc1cccc(N=C2/C(=C(/O)c3ccccc3)C(=O)c3ccccc32)c1. The van der Waals surface area contributed by atoms with E-state index in [1.165, 1.54) is 0 Å². The van der Waals surface area contributed by atoms with Crippen LogP contribution < -0.4 is 5.73 Å². The highest BCUT2D eigenvalue weighted by Gasteiger charge is 2.34. The normalized spacial score (nSPS) is 16.6. The van der Waals surface area contributed by atoms with Gasteiger partial charge in [0.05, 0.1) is 17.0 Å². The number of aliphatic imine (C=N–C) groups is 1. The topological polar surface area (TPSA) is 75.7 Å². The fourth-order valence-electron chi connectivity index (χ4n) is 3.06. The number of anilines is 1. The zero-order valence-electron chi connectivity index (χ0n) is 13.9. The van der Waals surface area contributed by atoms with Crippen molar-refractivity contribution in [3.63, 3.8) is 0 Å². The van der Waals surface area contributed by atoms with Gasteiger partial charge in [-0.3, -0.25) is 4.79 Å². The second kappa shape index (κ2) is 6.33. The minimum absolute atomic E-state index is 0.0746. The van der Waals surface area contributed by atoms with E-state index in [0.29, 0.717) is 33.8 Å². The fourth-order valence-corrected chi connectivity index (χ4v) is 3.06. The number of nitrogens with two attached hydrogens (primary N) is 1. The Morgan fingerprint density at radius 1 is 0.846 bits per heavy atom. The predicted octanol–water partition coefficient (Wildman–Crippen LogP) is 4.56. The summed E-state index contributed by atoms with van der Waals surface area (Å²) in [5.41, 5.74) is 9.53. The van der Waals surface area contributed by atoms with Crippen LogP contribution in [0.1, 0.15) is 21.5 Å². The molecular weight excluding hydrogens is 324 g/mol. The Kier molecular flexibility index (Phi) is 3.86. The number of fused-ring (bicyclic) bond motifs is 1. The lowest BCUT2D eigenvalue weighted by atomic mass is 10.0. The van der Waals surface area contributed by atoms with E-state index in [4.69, 9.17) is 5.73 Å². The number of nitrogens with zero attached hydrogens (tertiary/aromatic N) is 1. The van der Waals surface area contributed by atoms with Gasteiger partial charge in [0, 0.05) is 22.4 Å². The predicted molar refractivity (Wildman–Crippen MR) is 104 cm³/mol. The number of ketones is 1. The summed E-state index contributed by atoms with van der Waals surface area (Å²) in [6.45, 7) is 0. The van der Waals surface area contributed by atoms with Crippen LogP contribution in [-0.4, -0.2) is 16.6 Å². The molecule has 0 radical (unpaired) electrons. The van der Waals surface area contributed by atoms with Gasteiger partial charge in [-0.25, -0.2) is 4.99 Å². The molecule has 0 aromatic heterocycles. The molecule has 0 aliphatic heterocycles. The number of aliphatic hydroxyl groups excluding tert-OH is 1. The summed E-state index contributed by atoms with van der Waals surface area (Å²) in [5.74, 6) is -0.306. The first kappa shape index (κ1) is 15.8. The maximum absolute atomic E-state index is 13.0. The molecule has 3 aromatic rings. The molecule has 26 heavy (non-hydrogen) atoms. The Labute approximate surface area is 151 Å². The van der Waals surface area contributed by atoms with Crippen molar-refractivity contribution in [3.8, 4) is 0 Å². The maximum Gasteiger partial charge on any atom is 0.199 e.